The Labute approximate surface area is 143 Å². The second-order valence-corrected chi connectivity index (χ2v) is 7.07. The third-order valence-electron chi connectivity index (χ3n) is 5.37. The zero-order chi connectivity index (χ0) is 17.3. The van der Waals surface area contributed by atoms with Crippen molar-refractivity contribution in [2.45, 2.75) is 51.6 Å². The average Bonchev–Trinajstić information content (AvgIpc) is 3.33. The lowest BCUT2D eigenvalue weighted by Gasteiger charge is -2.36. The number of anilines is 1. The largest absolute Gasteiger partial charge is 0.343 e. The Bertz CT molecular complexity index is 602. The zero-order valence-electron chi connectivity index (χ0n) is 14.7. The van der Waals surface area contributed by atoms with Crippen molar-refractivity contribution >= 4 is 17.6 Å². The lowest BCUT2D eigenvalue weighted by Crippen LogP contribution is -2.47. The molecule has 3 amide bonds. The van der Waals surface area contributed by atoms with Crippen molar-refractivity contribution in [3.8, 4) is 0 Å². The highest BCUT2D eigenvalue weighted by molar-refractivity contribution is 5.89. The highest BCUT2D eigenvalue weighted by Gasteiger charge is 2.30. The fourth-order valence-electron chi connectivity index (χ4n) is 3.34. The van der Waals surface area contributed by atoms with Crippen LogP contribution in [0.15, 0.2) is 12.4 Å². The van der Waals surface area contributed by atoms with Crippen LogP contribution in [-0.4, -0.2) is 57.7 Å². The van der Waals surface area contributed by atoms with Crippen LogP contribution in [0, 0.1) is 5.92 Å². The predicted octanol–water partition coefficient (Wildman–Crippen LogP) is 2.33. The van der Waals surface area contributed by atoms with Gasteiger partial charge in [0, 0.05) is 39.3 Å². The molecular formula is C17H27N5O2. The highest BCUT2D eigenvalue weighted by atomic mass is 16.2. The van der Waals surface area contributed by atoms with Gasteiger partial charge in [-0.3, -0.25) is 9.48 Å². The number of nitrogens with one attached hydrogen (secondary N) is 1. The number of urea groups is 1. The predicted molar refractivity (Wildman–Crippen MR) is 91.7 cm³/mol. The maximum atomic E-state index is 12.4. The molecule has 1 N–H and O–H groups in total. The fourth-order valence-corrected chi connectivity index (χ4v) is 3.34. The second kappa shape index (κ2) is 6.83. The minimum Gasteiger partial charge on any atom is -0.343 e. The number of rotatable bonds is 4. The van der Waals surface area contributed by atoms with Crippen LogP contribution < -0.4 is 5.32 Å². The van der Waals surface area contributed by atoms with Gasteiger partial charge in [-0.05, 0) is 38.5 Å². The minimum absolute atomic E-state index is 0.0788. The van der Waals surface area contributed by atoms with Crippen molar-refractivity contribution in [3.05, 3.63) is 12.4 Å². The van der Waals surface area contributed by atoms with Crippen molar-refractivity contribution in [2.24, 2.45) is 5.92 Å². The van der Waals surface area contributed by atoms with Gasteiger partial charge in [0.25, 0.3) is 0 Å². The SMILES string of the molecule is CC(=O)N(C)C1CCN(C(=O)Nc2cnn(C(C)C3CC3)c2)CC1. The average molecular weight is 333 g/mol. The molecule has 24 heavy (non-hydrogen) atoms. The second-order valence-electron chi connectivity index (χ2n) is 7.07. The van der Waals surface area contributed by atoms with Gasteiger partial charge in [0.1, 0.15) is 0 Å². The lowest BCUT2D eigenvalue weighted by atomic mass is 10.0. The summed E-state index contributed by atoms with van der Waals surface area (Å²) in [5, 5.41) is 7.31. The van der Waals surface area contributed by atoms with Crippen LogP contribution >= 0.6 is 0 Å². The van der Waals surface area contributed by atoms with Crippen LogP contribution in [0.3, 0.4) is 0 Å². The molecule has 1 aromatic heterocycles. The summed E-state index contributed by atoms with van der Waals surface area (Å²) in [7, 11) is 1.83. The first-order valence-electron chi connectivity index (χ1n) is 8.79. The summed E-state index contributed by atoms with van der Waals surface area (Å²) in [5.41, 5.74) is 0.746. The molecule has 2 aliphatic rings. The van der Waals surface area contributed by atoms with E-state index in [1.54, 1.807) is 18.0 Å². The molecule has 7 nitrogen and oxygen atoms in total. The number of hydrogen-bond acceptors (Lipinski definition) is 3. The van der Waals surface area contributed by atoms with Gasteiger partial charge in [0.05, 0.1) is 17.9 Å². The Morgan fingerprint density at radius 3 is 2.54 bits per heavy atom. The summed E-state index contributed by atoms with van der Waals surface area (Å²) in [6.07, 6.45) is 7.81. The summed E-state index contributed by atoms with van der Waals surface area (Å²) in [5.74, 6) is 0.806. The van der Waals surface area contributed by atoms with Crippen molar-refractivity contribution < 1.29 is 9.59 Å². The van der Waals surface area contributed by atoms with E-state index in [-0.39, 0.29) is 18.0 Å². The number of aromatic nitrogens is 2. The van der Waals surface area contributed by atoms with Crippen LogP contribution in [0.1, 0.15) is 45.6 Å². The van der Waals surface area contributed by atoms with E-state index in [9.17, 15) is 9.59 Å². The Morgan fingerprint density at radius 1 is 1.29 bits per heavy atom. The normalized spacial score (nSPS) is 19.9. The van der Waals surface area contributed by atoms with E-state index in [1.165, 1.54) is 12.8 Å². The molecule has 0 radical (unpaired) electrons. The van der Waals surface area contributed by atoms with Gasteiger partial charge in [-0.1, -0.05) is 0 Å². The van der Waals surface area contributed by atoms with E-state index >= 15 is 0 Å². The Hall–Kier alpha value is -2.05. The Balaban J connectivity index is 1.50. The van der Waals surface area contributed by atoms with Crippen LogP contribution in [0.4, 0.5) is 10.5 Å². The molecule has 7 heteroatoms. The number of carbonyl (C=O) groups is 2. The molecule has 2 heterocycles. The molecule has 2 fully saturated rings. The number of nitrogens with zero attached hydrogens (tertiary/aromatic N) is 4. The Kier molecular flexibility index (Phi) is 4.78. The minimum atomic E-state index is -0.0856. The van der Waals surface area contributed by atoms with Gasteiger partial charge in [-0.2, -0.15) is 5.10 Å². The van der Waals surface area contributed by atoms with Gasteiger partial charge in [-0.25, -0.2) is 4.79 Å². The fraction of sp³-hybridized carbons (Fsp3) is 0.706. The molecule has 1 aromatic rings. The topological polar surface area (TPSA) is 70.5 Å². The van der Waals surface area contributed by atoms with Gasteiger partial charge in [0.2, 0.25) is 5.91 Å². The molecule has 0 spiro atoms. The third kappa shape index (κ3) is 3.71. The number of amides is 3. The van der Waals surface area contributed by atoms with Crippen molar-refractivity contribution in [1.29, 1.82) is 0 Å². The summed E-state index contributed by atoms with van der Waals surface area (Å²) >= 11 is 0. The summed E-state index contributed by atoms with van der Waals surface area (Å²) in [4.78, 5) is 27.4. The monoisotopic (exact) mass is 333 g/mol. The van der Waals surface area contributed by atoms with Crippen molar-refractivity contribution in [2.75, 3.05) is 25.5 Å². The zero-order valence-corrected chi connectivity index (χ0v) is 14.7. The molecule has 132 valence electrons. The molecule has 1 atom stereocenters. The molecule has 1 saturated carbocycles. The first-order valence-corrected chi connectivity index (χ1v) is 8.79. The first kappa shape index (κ1) is 16.8. The number of likely N-dealkylation sites (tertiary alicyclic amines) is 1. The van der Waals surface area contributed by atoms with E-state index in [4.69, 9.17) is 0 Å². The summed E-state index contributed by atoms with van der Waals surface area (Å²) in [6, 6.07) is 0.541. The van der Waals surface area contributed by atoms with Crippen LogP contribution in [-0.2, 0) is 4.79 Å². The van der Waals surface area contributed by atoms with Gasteiger partial charge in [0.15, 0.2) is 0 Å². The quantitative estimate of drug-likeness (QED) is 0.919. The Morgan fingerprint density at radius 2 is 1.96 bits per heavy atom. The van der Waals surface area contributed by atoms with E-state index in [1.807, 2.05) is 22.8 Å². The highest BCUT2D eigenvalue weighted by Crippen LogP contribution is 2.39. The number of carbonyl (C=O) groups excluding carboxylic acids is 2. The van der Waals surface area contributed by atoms with Crippen LogP contribution in [0.5, 0.6) is 0 Å². The van der Waals surface area contributed by atoms with Crippen molar-refractivity contribution in [3.63, 3.8) is 0 Å². The van der Waals surface area contributed by atoms with Gasteiger partial charge in [-0.15, -0.1) is 0 Å². The molecule has 1 saturated heterocycles. The van der Waals surface area contributed by atoms with E-state index in [2.05, 4.69) is 17.3 Å². The molecule has 3 rings (SSSR count). The maximum absolute atomic E-state index is 12.4. The van der Waals surface area contributed by atoms with Gasteiger partial charge < -0.3 is 15.1 Å². The molecule has 1 aliphatic carbocycles. The van der Waals surface area contributed by atoms with Crippen LogP contribution in [0.25, 0.3) is 0 Å². The summed E-state index contributed by atoms with van der Waals surface area (Å²) < 4.78 is 1.95. The van der Waals surface area contributed by atoms with Gasteiger partial charge >= 0.3 is 6.03 Å². The van der Waals surface area contributed by atoms with E-state index in [0.717, 1.165) is 24.4 Å². The molecule has 1 unspecified atom stereocenters. The standard InChI is InChI=1S/C17H27N5O2/c1-12(14-4-5-14)22-11-15(10-18-22)19-17(24)21-8-6-16(7-9-21)20(3)13(2)23/h10-12,14,16H,4-9H2,1-3H3,(H,19,24). The molecule has 1 aliphatic heterocycles. The molecule has 0 bridgehead atoms. The first-order chi connectivity index (χ1) is 11.5. The van der Waals surface area contributed by atoms with Crippen molar-refractivity contribution in [1.82, 2.24) is 19.6 Å². The van der Waals surface area contributed by atoms with E-state index in [0.29, 0.717) is 19.1 Å². The molecule has 0 aromatic carbocycles. The molecular weight excluding hydrogens is 306 g/mol. The summed E-state index contributed by atoms with van der Waals surface area (Å²) in [6.45, 7) is 5.09. The number of hydrogen-bond donors (Lipinski definition) is 1. The smallest absolute Gasteiger partial charge is 0.321 e. The lowest BCUT2D eigenvalue weighted by molar-refractivity contribution is -0.130. The maximum Gasteiger partial charge on any atom is 0.321 e. The van der Waals surface area contributed by atoms with E-state index < -0.39 is 0 Å². The third-order valence-corrected chi connectivity index (χ3v) is 5.37. The number of piperidine rings is 1. The van der Waals surface area contributed by atoms with Crippen LogP contribution in [0.2, 0.25) is 0 Å².